The first kappa shape index (κ1) is 13.9. The van der Waals surface area contributed by atoms with E-state index in [-0.39, 0.29) is 5.97 Å². The predicted octanol–water partition coefficient (Wildman–Crippen LogP) is 3.04. The minimum absolute atomic E-state index is 0.132. The van der Waals surface area contributed by atoms with Crippen LogP contribution in [-0.2, 0) is 14.3 Å². The summed E-state index contributed by atoms with van der Waals surface area (Å²) in [6, 6.07) is 0. The van der Waals surface area contributed by atoms with E-state index in [1.54, 1.807) is 0 Å². The van der Waals surface area contributed by atoms with E-state index >= 15 is 0 Å². The zero-order chi connectivity index (χ0) is 12.7. The van der Waals surface area contributed by atoms with Crippen LogP contribution in [0, 0.1) is 5.92 Å². The SMILES string of the molecule is COC(=O)CCCCCCC1=C[C@H](C)CC1=O. The quantitative estimate of drug-likeness (QED) is 0.506. The Morgan fingerprint density at radius 3 is 2.65 bits per heavy atom. The molecule has 0 radical (unpaired) electrons. The van der Waals surface area contributed by atoms with Gasteiger partial charge in [0.2, 0.25) is 0 Å². The topological polar surface area (TPSA) is 43.4 Å². The van der Waals surface area contributed by atoms with Gasteiger partial charge in [-0.2, -0.15) is 0 Å². The Hall–Kier alpha value is -1.12. The van der Waals surface area contributed by atoms with Crippen molar-refractivity contribution in [2.45, 2.75) is 51.9 Å². The molecule has 0 aliphatic heterocycles. The average Bonchev–Trinajstić information content (AvgIpc) is 2.62. The molecule has 0 aromatic rings. The van der Waals surface area contributed by atoms with Crippen LogP contribution in [0.25, 0.3) is 0 Å². The van der Waals surface area contributed by atoms with Crippen molar-refractivity contribution in [1.29, 1.82) is 0 Å². The number of hydrogen-bond acceptors (Lipinski definition) is 3. The van der Waals surface area contributed by atoms with Crippen LogP contribution < -0.4 is 0 Å². The molecular formula is C14H22O3. The van der Waals surface area contributed by atoms with E-state index in [1.165, 1.54) is 7.11 Å². The third-order valence-electron chi connectivity index (χ3n) is 3.16. The molecule has 0 aromatic heterocycles. The van der Waals surface area contributed by atoms with Crippen LogP contribution in [0.5, 0.6) is 0 Å². The van der Waals surface area contributed by atoms with Gasteiger partial charge < -0.3 is 4.74 Å². The molecule has 3 heteroatoms. The minimum atomic E-state index is -0.132. The van der Waals surface area contributed by atoms with Gasteiger partial charge in [-0.1, -0.05) is 25.8 Å². The maximum Gasteiger partial charge on any atom is 0.305 e. The van der Waals surface area contributed by atoms with Crippen molar-refractivity contribution in [2.24, 2.45) is 5.92 Å². The van der Waals surface area contributed by atoms with E-state index in [0.29, 0.717) is 24.5 Å². The highest BCUT2D eigenvalue weighted by atomic mass is 16.5. The fraction of sp³-hybridized carbons (Fsp3) is 0.714. The van der Waals surface area contributed by atoms with Gasteiger partial charge >= 0.3 is 5.97 Å². The Morgan fingerprint density at radius 2 is 2.06 bits per heavy atom. The zero-order valence-corrected chi connectivity index (χ0v) is 10.8. The molecule has 0 aromatic carbocycles. The number of ether oxygens (including phenoxy) is 1. The average molecular weight is 238 g/mol. The second kappa shape index (κ2) is 7.25. The lowest BCUT2D eigenvalue weighted by atomic mass is 10.0. The Kier molecular flexibility index (Phi) is 5.95. The number of carbonyl (C=O) groups excluding carboxylic acids is 2. The Labute approximate surface area is 103 Å². The summed E-state index contributed by atoms with van der Waals surface area (Å²) in [7, 11) is 1.42. The molecule has 1 aliphatic rings. The number of allylic oxidation sites excluding steroid dienone is 2. The molecule has 17 heavy (non-hydrogen) atoms. The van der Waals surface area contributed by atoms with Crippen molar-refractivity contribution in [2.75, 3.05) is 7.11 Å². The maximum atomic E-state index is 11.5. The molecule has 0 heterocycles. The van der Waals surface area contributed by atoms with Crippen molar-refractivity contribution in [1.82, 2.24) is 0 Å². The van der Waals surface area contributed by atoms with Crippen LogP contribution >= 0.6 is 0 Å². The summed E-state index contributed by atoms with van der Waals surface area (Å²) < 4.78 is 4.57. The summed E-state index contributed by atoms with van der Waals surface area (Å²) in [6.07, 6.45) is 8.26. The van der Waals surface area contributed by atoms with E-state index in [2.05, 4.69) is 17.7 Å². The number of Topliss-reactive ketones (excluding diaryl/α,β-unsaturated/α-hetero) is 1. The fourth-order valence-corrected chi connectivity index (χ4v) is 2.18. The number of ketones is 1. The number of hydrogen-bond donors (Lipinski definition) is 0. The number of rotatable bonds is 7. The van der Waals surface area contributed by atoms with Crippen LogP contribution in [0.15, 0.2) is 11.6 Å². The molecule has 1 rings (SSSR count). The van der Waals surface area contributed by atoms with Crippen LogP contribution in [-0.4, -0.2) is 18.9 Å². The second-order valence-electron chi connectivity index (χ2n) is 4.79. The first-order chi connectivity index (χ1) is 8.13. The lowest BCUT2D eigenvalue weighted by Crippen LogP contribution is -1.99. The van der Waals surface area contributed by atoms with Gasteiger partial charge in [0, 0.05) is 12.8 Å². The van der Waals surface area contributed by atoms with Gasteiger partial charge in [-0.15, -0.1) is 0 Å². The first-order valence-corrected chi connectivity index (χ1v) is 6.44. The standard InChI is InChI=1S/C14H22O3/c1-11-9-12(13(15)10-11)7-5-3-4-6-8-14(16)17-2/h9,11H,3-8,10H2,1-2H3/t11-/m0/s1. The van der Waals surface area contributed by atoms with E-state index in [0.717, 1.165) is 37.7 Å². The largest absolute Gasteiger partial charge is 0.469 e. The molecule has 0 unspecified atom stereocenters. The summed E-state index contributed by atoms with van der Waals surface area (Å²) in [5.41, 5.74) is 1.02. The predicted molar refractivity (Wildman–Crippen MR) is 66.6 cm³/mol. The van der Waals surface area contributed by atoms with Crippen molar-refractivity contribution in [3.63, 3.8) is 0 Å². The van der Waals surface area contributed by atoms with E-state index in [9.17, 15) is 9.59 Å². The number of carbonyl (C=O) groups is 2. The van der Waals surface area contributed by atoms with Gasteiger partial charge in [-0.05, 0) is 30.8 Å². The first-order valence-electron chi connectivity index (χ1n) is 6.44. The highest BCUT2D eigenvalue weighted by Gasteiger charge is 2.19. The zero-order valence-electron chi connectivity index (χ0n) is 10.8. The molecule has 0 fully saturated rings. The van der Waals surface area contributed by atoms with E-state index < -0.39 is 0 Å². The summed E-state index contributed by atoms with van der Waals surface area (Å²) in [5, 5.41) is 0. The lowest BCUT2D eigenvalue weighted by molar-refractivity contribution is -0.140. The molecule has 1 aliphatic carbocycles. The third-order valence-corrected chi connectivity index (χ3v) is 3.16. The van der Waals surface area contributed by atoms with Gasteiger partial charge in [0.15, 0.2) is 5.78 Å². The van der Waals surface area contributed by atoms with Crippen molar-refractivity contribution < 1.29 is 14.3 Å². The van der Waals surface area contributed by atoms with Gasteiger partial charge in [0.1, 0.15) is 0 Å². The lowest BCUT2D eigenvalue weighted by Gasteiger charge is -2.01. The van der Waals surface area contributed by atoms with Crippen LogP contribution in [0.1, 0.15) is 51.9 Å². The summed E-state index contributed by atoms with van der Waals surface area (Å²) >= 11 is 0. The van der Waals surface area contributed by atoms with Crippen molar-refractivity contribution in [3.05, 3.63) is 11.6 Å². The third kappa shape index (κ3) is 5.16. The normalized spacial score (nSPS) is 19.3. The van der Waals surface area contributed by atoms with Crippen LogP contribution in [0.3, 0.4) is 0 Å². The minimum Gasteiger partial charge on any atom is -0.469 e. The Bertz CT molecular complexity index is 305. The van der Waals surface area contributed by atoms with Gasteiger partial charge in [0.05, 0.1) is 7.11 Å². The Morgan fingerprint density at radius 1 is 1.35 bits per heavy atom. The van der Waals surface area contributed by atoms with Gasteiger partial charge in [-0.25, -0.2) is 0 Å². The number of methoxy groups -OCH3 is 1. The fourth-order valence-electron chi connectivity index (χ4n) is 2.18. The second-order valence-corrected chi connectivity index (χ2v) is 4.79. The van der Waals surface area contributed by atoms with E-state index in [4.69, 9.17) is 0 Å². The molecule has 96 valence electrons. The van der Waals surface area contributed by atoms with Crippen molar-refractivity contribution in [3.8, 4) is 0 Å². The van der Waals surface area contributed by atoms with Crippen molar-refractivity contribution >= 4 is 11.8 Å². The van der Waals surface area contributed by atoms with E-state index in [1.807, 2.05) is 0 Å². The summed E-state index contributed by atoms with van der Waals surface area (Å²) in [5.74, 6) is 0.622. The molecule has 3 nitrogen and oxygen atoms in total. The number of esters is 1. The highest BCUT2D eigenvalue weighted by molar-refractivity contribution is 5.97. The molecule has 0 amide bonds. The molecule has 0 spiro atoms. The van der Waals surface area contributed by atoms with Gasteiger partial charge in [-0.3, -0.25) is 9.59 Å². The molecular weight excluding hydrogens is 216 g/mol. The summed E-state index contributed by atoms with van der Waals surface area (Å²) in [6.45, 7) is 2.08. The van der Waals surface area contributed by atoms with Crippen LogP contribution in [0.2, 0.25) is 0 Å². The van der Waals surface area contributed by atoms with Gasteiger partial charge in [0.25, 0.3) is 0 Å². The maximum absolute atomic E-state index is 11.5. The molecule has 0 N–H and O–H groups in total. The molecule has 0 saturated heterocycles. The number of unbranched alkanes of at least 4 members (excludes halogenated alkanes) is 3. The molecule has 0 saturated carbocycles. The smallest absolute Gasteiger partial charge is 0.305 e. The summed E-state index contributed by atoms with van der Waals surface area (Å²) in [4.78, 5) is 22.4. The molecule has 1 atom stereocenters. The highest BCUT2D eigenvalue weighted by Crippen LogP contribution is 2.24. The molecule has 0 bridgehead atoms. The van der Waals surface area contributed by atoms with Crippen LogP contribution in [0.4, 0.5) is 0 Å². The Balaban J connectivity index is 2.03. The monoisotopic (exact) mass is 238 g/mol.